The van der Waals surface area contributed by atoms with E-state index < -0.39 is 0 Å². The van der Waals surface area contributed by atoms with E-state index in [1.54, 1.807) is 30.1 Å². The summed E-state index contributed by atoms with van der Waals surface area (Å²) in [5.41, 5.74) is 0.884. The molecule has 1 aliphatic rings. The summed E-state index contributed by atoms with van der Waals surface area (Å²) in [6.07, 6.45) is 0.953. The smallest absolute Gasteiger partial charge is 0.230 e. The number of carbonyl (C=O) groups excluding carboxylic acids is 1. The van der Waals surface area contributed by atoms with Gasteiger partial charge in [-0.25, -0.2) is 0 Å². The first-order chi connectivity index (χ1) is 7.42. The van der Waals surface area contributed by atoms with Gasteiger partial charge < -0.3 is 10.0 Å². The summed E-state index contributed by atoms with van der Waals surface area (Å²) in [6.45, 7) is 4.21. The van der Waals surface area contributed by atoms with Crippen LogP contribution < -0.4 is 4.90 Å². The van der Waals surface area contributed by atoms with Crippen LogP contribution in [0.3, 0.4) is 0 Å². The summed E-state index contributed by atoms with van der Waals surface area (Å²) in [4.78, 5) is 13.7. The highest BCUT2D eigenvalue weighted by atomic mass is 16.3. The molecule has 0 spiro atoms. The van der Waals surface area contributed by atoms with Crippen LogP contribution in [-0.2, 0) is 4.79 Å². The number of anilines is 1. The Balaban J connectivity index is 2.14. The SMILES string of the molecule is CN(C(=O)C1CC1(C)C)c1cccc(O)c1. The Bertz CT molecular complexity index is 426. The summed E-state index contributed by atoms with van der Waals surface area (Å²) in [7, 11) is 1.76. The molecule has 2 rings (SSSR count). The lowest BCUT2D eigenvalue weighted by Gasteiger charge is -2.18. The summed E-state index contributed by atoms with van der Waals surface area (Å²) < 4.78 is 0. The van der Waals surface area contributed by atoms with Gasteiger partial charge in [-0.3, -0.25) is 4.79 Å². The molecular formula is C13H17NO2. The molecule has 1 atom stereocenters. The lowest BCUT2D eigenvalue weighted by atomic mass is 10.1. The standard InChI is InChI=1S/C13H17NO2/c1-13(2)8-11(13)12(16)14(3)9-5-4-6-10(15)7-9/h4-7,11,15H,8H2,1-3H3. The zero-order valence-electron chi connectivity index (χ0n) is 9.90. The van der Waals surface area contributed by atoms with E-state index in [4.69, 9.17) is 0 Å². The minimum absolute atomic E-state index is 0.125. The Hall–Kier alpha value is -1.51. The summed E-state index contributed by atoms with van der Waals surface area (Å²) in [6, 6.07) is 6.77. The third-order valence-corrected chi connectivity index (χ3v) is 3.36. The first-order valence-corrected chi connectivity index (χ1v) is 5.48. The predicted molar refractivity (Wildman–Crippen MR) is 63.4 cm³/mol. The van der Waals surface area contributed by atoms with Gasteiger partial charge in [0, 0.05) is 24.7 Å². The molecule has 1 unspecified atom stereocenters. The van der Waals surface area contributed by atoms with Crippen LogP contribution in [0.2, 0.25) is 0 Å². The molecule has 1 amide bonds. The number of hydrogen-bond donors (Lipinski definition) is 1. The number of rotatable bonds is 2. The number of phenolic OH excluding ortho intramolecular Hbond substituents is 1. The predicted octanol–water partition coefficient (Wildman–Crippen LogP) is 2.40. The first kappa shape index (κ1) is 11.0. The number of hydrogen-bond acceptors (Lipinski definition) is 2. The van der Waals surface area contributed by atoms with Gasteiger partial charge in [-0.05, 0) is 24.0 Å². The fraction of sp³-hybridized carbons (Fsp3) is 0.462. The molecule has 16 heavy (non-hydrogen) atoms. The van der Waals surface area contributed by atoms with Gasteiger partial charge in [-0.2, -0.15) is 0 Å². The van der Waals surface area contributed by atoms with Gasteiger partial charge in [0.15, 0.2) is 0 Å². The molecule has 0 aliphatic heterocycles. The number of amides is 1. The minimum atomic E-state index is 0.125. The Morgan fingerprint density at radius 1 is 1.50 bits per heavy atom. The Kier molecular flexibility index (Phi) is 2.41. The molecular weight excluding hydrogens is 202 g/mol. The average molecular weight is 219 g/mol. The van der Waals surface area contributed by atoms with Crippen LogP contribution in [-0.4, -0.2) is 18.1 Å². The lowest BCUT2D eigenvalue weighted by Crippen LogP contribution is -2.29. The molecule has 1 aromatic rings. The van der Waals surface area contributed by atoms with Crippen molar-refractivity contribution in [1.29, 1.82) is 0 Å². The van der Waals surface area contributed by atoms with Crippen molar-refractivity contribution < 1.29 is 9.90 Å². The summed E-state index contributed by atoms with van der Waals surface area (Å²) in [5.74, 6) is 0.447. The van der Waals surface area contributed by atoms with Crippen molar-refractivity contribution in [1.82, 2.24) is 0 Å². The van der Waals surface area contributed by atoms with Crippen LogP contribution in [0.25, 0.3) is 0 Å². The average Bonchev–Trinajstić information content (AvgIpc) is 2.85. The molecule has 1 N–H and O–H groups in total. The fourth-order valence-electron chi connectivity index (χ4n) is 1.95. The molecule has 0 radical (unpaired) electrons. The molecule has 0 heterocycles. The molecule has 3 nitrogen and oxygen atoms in total. The maximum Gasteiger partial charge on any atom is 0.230 e. The van der Waals surface area contributed by atoms with Crippen molar-refractivity contribution in [2.24, 2.45) is 11.3 Å². The van der Waals surface area contributed by atoms with Gasteiger partial charge in [0.2, 0.25) is 5.91 Å². The molecule has 0 aromatic heterocycles. The van der Waals surface area contributed by atoms with Crippen LogP contribution in [0.1, 0.15) is 20.3 Å². The highest BCUT2D eigenvalue weighted by Gasteiger charge is 2.51. The number of benzene rings is 1. The maximum absolute atomic E-state index is 12.1. The van der Waals surface area contributed by atoms with Crippen LogP contribution in [0.15, 0.2) is 24.3 Å². The van der Waals surface area contributed by atoms with Crippen molar-refractivity contribution in [3.63, 3.8) is 0 Å². The molecule has 1 aromatic carbocycles. The summed E-state index contributed by atoms with van der Waals surface area (Å²) >= 11 is 0. The maximum atomic E-state index is 12.1. The molecule has 3 heteroatoms. The van der Waals surface area contributed by atoms with Gasteiger partial charge in [0.25, 0.3) is 0 Å². The number of phenols is 1. The van der Waals surface area contributed by atoms with E-state index >= 15 is 0 Å². The highest BCUT2D eigenvalue weighted by molar-refractivity contribution is 5.96. The van der Waals surface area contributed by atoms with Crippen LogP contribution in [0, 0.1) is 11.3 Å². The third-order valence-electron chi connectivity index (χ3n) is 3.36. The van der Waals surface area contributed by atoms with Gasteiger partial charge in [-0.15, -0.1) is 0 Å². The van der Waals surface area contributed by atoms with Gasteiger partial charge in [0.1, 0.15) is 5.75 Å². The Morgan fingerprint density at radius 3 is 2.62 bits per heavy atom. The zero-order chi connectivity index (χ0) is 11.9. The van der Waals surface area contributed by atoms with Gasteiger partial charge in [-0.1, -0.05) is 19.9 Å². The van der Waals surface area contributed by atoms with Crippen molar-refractivity contribution in [3.05, 3.63) is 24.3 Å². The molecule has 0 saturated heterocycles. The number of aromatic hydroxyl groups is 1. The monoisotopic (exact) mass is 219 g/mol. The second-order valence-electron chi connectivity index (χ2n) is 5.16. The Morgan fingerprint density at radius 2 is 2.12 bits per heavy atom. The molecule has 1 saturated carbocycles. The third kappa shape index (κ3) is 1.90. The van der Waals surface area contributed by atoms with Crippen LogP contribution >= 0.6 is 0 Å². The largest absolute Gasteiger partial charge is 0.508 e. The van der Waals surface area contributed by atoms with Crippen molar-refractivity contribution >= 4 is 11.6 Å². The first-order valence-electron chi connectivity index (χ1n) is 5.48. The summed E-state index contributed by atoms with van der Waals surface area (Å²) in [5, 5.41) is 9.36. The van der Waals surface area contributed by atoms with Crippen LogP contribution in [0.5, 0.6) is 5.75 Å². The van der Waals surface area contributed by atoms with E-state index in [1.165, 1.54) is 0 Å². The van der Waals surface area contributed by atoms with E-state index in [0.717, 1.165) is 12.1 Å². The lowest BCUT2D eigenvalue weighted by molar-refractivity contribution is -0.120. The van der Waals surface area contributed by atoms with Crippen LogP contribution in [0.4, 0.5) is 5.69 Å². The Labute approximate surface area is 95.7 Å². The van der Waals surface area contributed by atoms with E-state index in [9.17, 15) is 9.90 Å². The number of nitrogens with zero attached hydrogens (tertiary/aromatic N) is 1. The van der Waals surface area contributed by atoms with E-state index in [2.05, 4.69) is 13.8 Å². The molecule has 0 bridgehead atoms. The molecule has 1 aliphatic carbocycles. The zero-order valence-corrected chi connectivity index (χ0v) is 9.90. The van der Waals surface area contributed by atoms with E-state index in [-0.39, 0.29) is 23.0 Å². The van der Waals surface area contributed by atoms with E-state index in [0.29, 0.717) is 0 Å². The molecule has 86 valence electrons. The van der Waals surface area contributed by atoms with Crippen molar-refractivity contribution in [2.45, 2.75) is 20.3 Å². The minimum Gasteiger partial charge on any atom is -0.508 e. The van der Waals surface area contributed by atoms with Crippen molar-refractivity contribution in [2.75, 3.05) is 11.9 Å². The second-order valence-corrected chi connectivity index (χ2v) is 5.16. The second kappa shape index (κ2) is 3.51. The van der Waals surface area contributed by atoms with Gasteiger partial charge >= 0.3 is 0 Å². The normalized spacial score (nSPS) is 21.6. The fourth-order valence-corrected chi connectivity index (χ4v) is 1.95. The topological polar surface area (TPSA) is 40.5 Å². The molecule has 1 fully saturated rings. The number of carbonyl (C=O) groups is 1. The van der Waals surface area contributed by atoms with Gasteiger partial charge in [0.05, 0.1) is 0 Å². The van der Waals surface area contributed by atoms with E-state index in [1.807, 2.05) is 6.07 Å². The quantitative estimate of drug-likeness (QED) is 0.829. The highest BCUT2D eigenvalue weighted by Crippen LogP contribution is 2.52. The van der Waals surface area contributed by atoms with Crippen molar-refractivity contribution in [3.8, 4) is 5.75 Å².